The summed E-state index contributed by atoms with van der Waals surface area (Å²) in [5.41, 5.74) is 0.111. The molecule has 0 fully saturated rings. The summed E-state index contributed by atoms with van der Waals surface area (Å²) in [5, 5.41) is 4.92. The zero-order valence-electron chi connectivity index (χ0n) is 21.7. The van der Waals surface area contributed by atoms with Gasteiger partial charge in [0.15, 0.2) is 35.1 Å². The van der Waals surface area contributed by atoms with E-state index >= 15 is 0 Å². The fourth-order valence-corrected chi connectivity index (χ4v) is 3.80. The smallest absolute Gasteiger partial charge is 0.425 e. The summed E-state index contributed by atoms with van der Waals surface area (Å²) in [6.07, 6.45) is -7.60. The molecule has 3 rings (SSSR count). The zero-order valence-corrected chi connectivity index (χ0v) is 21.7. The Morgan fingerprint density at radius 1 is 1.17 bits per heavy atom. The summed E-state index contributed by atoms with van der Waals surface area (Å²) in [6, 6.07) is 0.972. The number of hydrogen-bond donors (Lipinski definition) is 2. The minimum atomic E-state index is -5.04. The van der Waals surface area contributed by atoms with E-state index in [0.717, 1.165) is 12.1 Å². The second-order valence-electron chi connectivity index (χ2n) is 8.96. The number of nitrogens with two attached hydrogens (primary N) is 1. The molecule has 0 radical (unpaired) electrons. The van der Waals surface area contributed by atoms with Gasteiger partial charge in [0.2, 0.25) is 0 Å². The van der Waals surface area contributed by atoms with Crippen molar-refractivity contribution in [1.29, 1.82) is 0 Å². The molecule has 2 atom stereocenters. The Balaban J connectivity index is 1.76. The highest BCUT2D eigenvalue weighted by Gasteiger charge is 2.38. The van der Waals surface area contributed by atoms with Crippen LogP contribution in [-0.4, -0.2) is 57.2 Å². The number of halogens is 8. The van der Waals surface area contributed by atoms with Crippen molar-refractivity contribution in [1.82, 2.24) is 25.1 Å². The maximum atomic E-state index is 14.7. The molecule has 2 aromatic heterocycles. The average molecular weight is 606 g/mol. The van der Waals surface area contributed by atoms with Gasteiger partial charge in [-0.2, -0.15) is 18.3 Å². The summed E-state index contributed by atoms with van der Waals surface area (Å²) >= 11 is 0. The van der Waals surface area contributed by atoms with Crippen molar-refractivity contribution in [3.05, 3.63) is 68.9 Å². The van der Waals surface area contributed by atoms with Crippen LogP contribution >= 0.6 is 0 Å². The standard InChI is InChI=1S/C25H22F8N6O3/c1-11(42-17-8-36-38-24(41)18(17)25(31,32)33)5-13(26)9-39(2)4-3-12-6-14(19(27)20(28)16(12)10-40)23-35-7-15(21(29)30)22(34)37-23/h3-4,6-8,10-11,13,21H,5,9H2,1-2H3,(H,38,41)(H2,34,35,37)/b4-3-. The number of ether oxygens (including phenoxy) is 1. The molecule has 0 bridgehead atoms. The van der Waals surface area contributed by atoms with Gasteiger partial charge in [-0.15, -0.1) is 0 Å². The summed E-state index contributed by atoms with van der Waals surface area (Å²) in [7, 11) is 1.38. The third-order valence-corrected chi connectivity index (χ3v) is 5.73. The van der Waals surface area contributed by atoms with Gasteiger partial charge < -0.3 is 15.4 Å². The SMILES string of the molecule is CC(CC(F)CN(C)/C=C\c1cc(-c2ncc(C(F)F)c(N)n2)c(F)c(F)c1C=O)Oc1cn[nH]c(=O)c1C(F)(F)F. The molecule has 9 nitrogen and oxygen atoms in total. The number of nitrogens with zero attached hydrogens (tertiary/aromatic N) is 4. The van der Waals surface area contributed by atoms with Crippen molar-refractivity contribution in [2.45, 2.75) is 38.2 Å². The van der Waals surface area contributed by atoms with Gasteiger partial charge >= 0.3 is 6.18 Å². The van der Waals surface area contributed by atoms with Gasteiger partial charge in [0, 0.05) is 26.2 Å². The number of carbonyl (C=O) groups is 1. The Kier molecular flexibility index (Phi) is 9.85. The molecule has 2 unspecified atom stereocenters. The highest BCUT2D eigenvalue weighted by molar-refractivity contribution is 5.84. The van der Waals surface area contributed by atoms with Crippen LogP contribution in [0, 0.1) is 11.6 Å². The van der Waals surface area contributed by atoms with E-state index in [0.29, 0.717) is 12.4 Å². The van der Waals surface area contributed by atoms with Crippen molar-refractivity contribution in [2.24, 2.45) is 0 Å². The first-order valence-corrected chi connectivity index (χ1v) is 11.9. The molecule has 0 saturated carbocycles. The number of nitrogens with one attached hydrogen (secondary N) is 1. The minimum Gasteiger partial charge on any atom is -0.488 e. The number of aldehydes is 1. The fourth-order valence-electron chi connectivity index (χ4n) is 3.80. The lowest BCUT2D eigenvalue weighted by atomic mass is 10.0. The number of nitrogen functional groups attached to an aromatic ring is 1. The number of aromatic nitrogens is 4. The van der Waals surface area contributed by atoms with E-state index in [-0.39, 0.29) is 18.4 Å². The summed E-state index contributed by atoms with van der Waals surface area (Å²) in [4.78, 5) is 31.4. The third-order valence-electron chi connectivity index (χ3n) is 5.73. The Bertz CT molecular complexity index is 1530. The first-order valence-electron chi connectivity index (χ1n) is 11.9. The van der Waals surface area contributed by atoms with Crippen molar-refractivity contribution in [2.75, 3.05) is 19.3 Å². The van der Waals surface area contributed by atoms with Gasteiger partial charge in [0.05, 0.1) is 29.0 Å². The maximum Gasteiger partial charge on any atom is 0.425 e. The number of carbonyl (C=O) groups excluding carboxylic acids is 1. The predicted octanol–water partition coefficient (Wildman–Crippen LogP) is 4.95. The molecule has 0 amide bonds. The third kappa shape index (κ3) is 7.38. The first-order chi connectivity index (χ1) is 19.6. The Hall–Kier alpha value is -4.57. The van der Waals surface area contributed by atoms with Gasteiger partial charge in [0.25, 0.3) is 12.0 Å². The molecule has 0 saturated heterocycles. The maximum absolute atomic E-state index is 14.7. The highest BCUT2D eigenvalue weighted by atomic mass is 19.4. The number of rotatable bonds is 11. The molecular formula is C25H22F8N6O3. The number of benzene rings is 1. The van der Waals surface area contributed by atoms with Crippen LogP contribution in [0.4, 0.5) is 40.9 Å². The molecule has 0 spiro atoms. The Labute approximate surface area is 232 Å². The van der Waals surface area contributed by atoms with Gasteiger partial charge in [-0.05, 0) is 30.8 Å². The molecule has 0 aliphatic rings. The first kappa shape index (κ1) is 32.0. The van der Waals surface area contributed by atoms with E-state index in [4.69, 9.17) is 10.5 Å². The quantitative estimate of drug-likeness (QED) is 0.232. The van der Waals surface area contributed by atoms with Crippen LogP contribution in [0.5, 0.6) is 5.75 Å². The number of hydrogen-bond acceptors (Lipinski definition) is 8. The average Bonchev–Trinajstić information content (AvgIpc) is 2.88. The summed E-state index contributed by atoms with van der Waals surface area (Å²) in [6.45, 7) is 0.928. The van der Waals surface area contributed by atoms with Gasteiger partial charge in [-0.25, -0.2) is 37.0 Å². The lowest BCUT2D eigenvalue weighted by Gasteiger charge is -2.22. The van der Waals surface area contributed by atoms with E-state index in [2.05, 4.69) is 15.1 Å². The van der Waals surface area contributed by atoms with Crippen LogP contribution in [0.2, 0.25) is 0 Å². The van der Waals surface area contributed by atoms with Gasteiger partial charge in [0.1, 0.15) is 12.0 Å². The Morgan fingerprint density at radius 2 is 1.86 bits per heavy atom. The second kappa shape index (κ2) is 12.9. The normalized spacial score (nSPS) is 13.4. The Morgan fingerprint density at radius 3 is 2.45 bits per heavy atom. The van der Waals surface area contributed by atoms with Crippen LogP contribution in [0.3, 0.4) is 0 Å². The van der Waals surface area contributed by atoms with Crippen molar-refractivity contribution < 1.29 is 44.7 Å². The van der Waals surface area contributed by atoms with E-state index in [1.54, 1.807) is 5.10 Å². The summed E-state index contributed by atoms with van der Waals surface area (Å²) < 4.78 is 115. The van der Waals surface area contributed by atoms with Crippen molar-refractivity contribution >= 4 is 18.2 Å². The lowest BCUT2D eigenvalue weighted by Crippen LogP contribution is -2.29. The number of H-pyrrole nitrogens is 1. The molecule has 2 heterocycles. The van der Waals surface area contributed by atoms with E-state index < -0.39 is 88.1 Å². The van der Waals surface area contributed by atoms with Gasteiger partial charge in [-0.3, -0.25) is 9.59 Å². The number of aromatic amines is 1. The second-order valence-corrected chi connectivity index (χ2v) is 8.96. The van der Waals surface area contributed by atoms with E-state index in [1.807, 2.05) is 0 Å². The highest BCUT2D eigenvalue weighted by Crippen LogP contribution is 2.34. The zero-order chi connectivity index (χ0) is 31.4. The van der Waals surface area contributed by atoms with Crippen LogP contribution < -0.4 is 16.0 Å². The molecule has 0 aliphatic heterocycles. The van der Waals surface area contributed by atoms with Crippen molar-refractivity contribution in [3.63, 3.8) is 0 Å². The molecule has 3 N–H and O–H groups in total. The topological polar surface area (TPSA) is 127 Å². The van der Waals surface area contributed by atoms with Crippen LogP contribution in [0.25, 0.3) is 17.5 Å². The number of anilines is 1. The molecule has 3 aromatic rings. The minimum absolute atomic E-state index is 0.0344. The van der Waals surface area contributed by atoms with Crippen LogP contribution in [-0.2, 0) is 6.18 Å². The van der Waals surface area contributed by atoms with E-state index in [1.165, 1.54) is 25.1 Å². The predicted molar refractivity (Wildman–Crippen MR) is 133 cm³/mol. The molecule has 0 aliphatic carbocycles. The molecule has 226 valence electrons. The monoisotopic (exact) mass is 606 g/mol. The van der Waals surface area contributed by atoms with Crippen LogP contribution in [0.15, 0.2) is 29.5 Å². The van der Waals surface area contributed by atoms with Gasteiger partial charge in [-0.1, -0.05) is 0 Å². The molecular weight excluding hydrogens is 584 g/mol. The molecule has 1 aromatic carbocycles. The lowest BCUT2D eigenvalue weighted by molar-refractivity contribution is -0.140. The fraction of sp³-hybridized carbons (Fsp3) is 0.320. The molecule has 42 heavy (non-hydrogen) atoms. The largest absolute Gasteiger partial charge is 0.488 e. The van der Waals surface area contributed by atoms with Crippen molar-refractivity contribution in [3.8, 4) is 17.1 Å². The summed E-state index contributed by atoms with van der Waals surface area (Å²) in [5.74, 6) is -5.18. The number of alkyl halides is 6. The molecule has 17 heteroatoms. The van der Waals surface area contributed by atoms with Crippen LogP contribution in [0.1, 0.15) is 46.8 Å². The van der Waals surface area contributed by atoms with E-state index in [9.17, 15) is 44.7 Å².